The largest absolute Gasteiger partial charge is 0.311 e. The molecule has 312 valence electrons. The highest BCUT2D eigenvalue weighted by Gasteiger charge is 2.16. The number of para-hydroxylation sites is 2. The molecule has 0 bridgehead atoms. The lowest BCUT2D eigenvalue weighted by atomic mass is 9.97. The van der Waals surface area contributed by atoms with Gasteiger partial charge in [-0.15, -0.1) is 0 Å². The van der Waals surface area contributed by atoms with Crippen molar-refractivity contribution in [3.05, 3.63) is 319 Å². The fourth-order valence-corrected chi connectivity index (χ4v) is 8.13. The molecule has 9 aromatic carbocycles. The summed E-state index contributed by atoms with van der Waals surface area (Å²) >= 11 is 0. The normalized spacial score (nSPS) is 11.0. The second kappa shape index (κ2) is 21.1. The third-order valence-corrected chi connectivity index (χ3v) is 11.4. The Balaban J connectivity index is 1.01. The lowest BCUT2D eigenvalue weighted by Gasteiger charge is -2.28. The zero-order chi connectivity index (χ0) is 43.9. The van der Waals surface area contributed by atoms with Gasteiger partial charge in [0.1, 0.15) is 0 Å². The first-order valence-electron chi connectivity index (χ1n) is 22.2. The summed E-state index contributed by atoms with van der Waals surface area (Å²) in [5.74, 6) is 0. The molecule has 0 unspecified atom stereocenters. The molecule has 0 radical (unpaired) electrons. The molecule has 0 aliphatic carbocycles. The summed E-state index contributed by atoms with van der Waals surface area (Å²) in [6, 6.07) is 90.1. The van der Waals surface area contributed by atoms with E-state index in [1.54, 1.807) is 0 Å². The summed E-state index contributed by atoms with van der Waals surface area (Å²) < 4.78 is 0. The minimum atomic E-state index is 0.822. The van der Waals surface area contributed by atoms with Crippen LogP contribution in [0.2, 0.25) is 0 Å². The first-order chi connectivity index (χ1) is 32.3. The fourth-order valence-electron chi connectivity index (χ4n) is 8.13. The molecule has 0 aliphatic rings. The molecule has 2 nitrogen and oxygen atoms in total. The van der Waals surface area contributed by atoms with Gasteiger partial charge in [0.25, 0.3) is 0 Å². The maximum atomic E-state index is 2.34. The molecule has 9 aromatic rings. The maximum absolute atomic E-state index is 2.34. The predicted octanol–water partition coefficient (Wildman–Crippen LogP) is 17.0. The third-order valence-electron chi connectivity index (χ3n) is 11.4. The molecule has 0 spiro atoms. The number of hydrogen-bond acceptors (Lipinski definition) is 2. The molecule has 0 aromatic heterocycles. The second-order valence-corrected chi connectivity index (χ2v) is 15.7. The Kier molecular flexibility index (Phi) is 13.6. The van der Waals surface area contributed by atoms with E-state index >= 15 is 0 Å². The van der Waals surface area contributed by atoms with Crippen LogP contribution in [-0.4, -0.2) is 0 Å². The van der Waals surface area contributed by atoms with Crippen molar-refractivity contribution in [3.63, 3.8) is 0 Å². The van der Waals surface area contributed by atoms with Gasteiger partial charge in [0, 0.05) is 34.1 Å². The molecular weight excluding hydrogens is 785 g/mol. The number of benzene rings is 9. The average Bonchev–Trinajstić information content (AvgIpc) is 3.38. The van der Waals surface area contributed by atoms with Crippen molar-refractivity contribution < 1.29 is 0 Å². The van der Waals surface area contributed by atoms with Crippen LogP contribution < -0.4 is 9.80 Å². The van der Waals surface area contributed by atoms with Gasteiger partial charge in [0.15, 0.2) is 0 Å². The van der Waals surface area contributed by atoms with Crippen LogP contribution in [-0.2, 0) is 6.42 Å². The highest BCUT2D eigenvalue weighted by Crippen LogP contribution is 2.39. The maximum Gasteiger partial charge on any atom is 0.0463 e. The van der Waals surface area contributed by atoms with Crippen molar-refractivity contribution in [1.82, 2.24) is 0 Å². The molecule has 0 saturated carbocycles. The Hall–Kier alpha value is -8.46. The van der Waals surface area contributed by atoms with Crippen LogP contribution in [0.25, 0.3) is 17.2 Å². The summed E-state index contributed by atoms with van der Waals surface area (Å²) in [5.41, 5.74) is 16.1. The van der Waals surface area contributed by atoms with Crippen LogP contribution in [0.1, 0.15) is 33.4 Å². The van der Waals surface area contributed by atoms with Crippen LogP contribution in [0.3, 0.4) is 0 Å². The molecule has 9 rings (SSSR count). The van der Waals surface area contributed by atoms with Crippen LogP contribution in [0.15, 0.2) is 285 Å². The lowest BCUT2D eigenvalue weighted by molar-refractivity contribution is 1.23. The monoisotopic (exact) mass is 834 g/mol. The number of anilines is 6. The summed E-state index contributed by atoms with van der Waals surface area (Å²) in [5, 5.41) is 0. The van der Waals surface area contributed by atoms with E-state index < -0.39 is 0 Å². The van der Waals surface area contributed by atoms with E-state index in [4.69, 9.17) is 0 Å². The van der Waals surface area contributed by atoms with Gasteiger partial charge in [-0.25, -0.2) is 0 Å². The Labute approximate surface area is 384 Å². The Morgan fingerprint density at radius 1 is 0.292 bits per heavy atom. The Morgan fingerprint density at radius 3 is 0.954 bits per heavy atom. The van der Waals surface area contributed by atoms with E-state index in [-0.39, 0.29) is 0 Å². The smallest absolute Gasteiger partial charge is 0.0463 e. The van der Waals surface area contributed by atoms with Gasteiger partial charge >= 0.3 is 0 Å². The SMILES string of the molecule is C(/C=C/Cc1ccc(N(c2ccc(/C=C/C=C(c3ccccc3)c3ccccc3)cc2)c2ccc(N(c3ccccc3)c3ccccc3)cc2)cc1)=C(c1ccccc1)c1ccccc1. The molecule has 0 saturated heterocycles. The molecule has 0 atom stereocenters. The highest BCUT2D eigenvalue weighted by molar-refractivity contribution is 5.84. The van der Waals surface area contributed by atoms with Crippen molar-refractivity contribution in [2.75, 3.05) is 9.80 Å². The van der Waals surface area contributed by atoms with Gasteiger partial charge in [-0.1, -0.05) is 218 Å². The molecule has 65 heavy (non-hydrogen) atoms. The minimum Gasteiger partial charge on any atom is -0.311 e. The Morgan fingerprint density at radius 2 is 0.585 bits per heavy atom. The van der Waals surface area contributed by atoms with Gasteiger partial charge in [-0.3, -0.25) is 0 Å². The third kappa shape index (κ3) is 10.6. The van der Waals surface area contributed by atoms with Crippen LogP contribution in [0, 0.1) is 0 Å². The molecule has 0 N–H and O–H groups in total. The molecule has 0 amide bonds. The molecular formula is C63H50N2. The molecule has 2 heteroatoms. The first-order valence-corrected chi connectivity index (χ1v) is 22.2. The highest BCUT2D eigenvalue weighted by atomic mass is 15.2. The van der Waals surface area contributed by atoms with E-state index in [1.165, 1.54) is 39.0 Å². The summed E-state index contributed by atoms with van der Waals surface area (Å²) in [7, 11) is 0. The van der Waals surface area contributed by atoms with E-state index in [1.807, 2.05) is 0 Å². The van der Waals surface area contributed by atoms with Crippen LogP contribution >= 0.6 is 0 Å². The fraction of sp³-hybridized carbons (Fsp3) is 0.0159. The van der Waals surface area contributed by atoms with Crippen molar-refractivity contribution in [3.8, 4) is 0 Å². The van der Waals surface area contributed by atoms with Crippen LogP contribution in [0.4, 0.5) is 34.1 Å². The number of nitrogens with zero attached hydrogens (tertiary/aromatic N) is 2. The van der Waals surface area contributed by atoms with E-state index in [0.29, 0.717) is 0 Å². The van der Waals surface area contributed by atoms with Crippen LogP contribution in [0.5, 0.6) is 0 Å². The minimum absolute atomic E-state index is 0.822. The summed E-state index contributed by atoms with van der Waals surface area (Å²) in [4.78, 5) is 4.63. The topological polar surface area (TPSA) is 6.48 Å². The van der Waals surface area contributed by atoms with E-state index in [2.05, 4.69) is 301 Å². The quantitative estimate of drug-likeness (QED) is 0.0950. The second-order valence-electron chi connectivity index (χ2n) is 15.7. The summed E-state index contributed by atoms with van der Waals surface area (Å²) in [6.07, 6.45) is 14.0. The van der Waals surface area contributed by atoms with Gasteiger partial charge in [-0.05, 0) is 124 Å². The molecule has 0 heterocycles. The van der Waals surface area contributed by atoms with Gasteiger partial charge in [0.2, 0.25) is 0 Å². The van der Waals surface area contributed by atoms with Crippen molar-refractivity contribution in [2.45, 2.75) is 6.42 Å². The predicted molar refractivity (Wildman–Crippen MR) is 278 cm³/mol. The Bertz CT molecular complexity index is 2850. The van der Waals surface area contributed by atoms with Crippen molar-refractivity contribution >= 4 is 51.3 Å². The molecule has 0 aliphatic heterocycles. The average molecular weight is 835 g/mol. The zero-order valence-electron chi connectivity index (χ0n) is 36.3. The van der Waals surface area contributed by atoms with Gasteiger partial charge < -0.3 is 9.80 Å². The zero-order valence-corrected chi connectivity index (χ0v) is 36.3. The van der Waals surface area contributed by atoms with Crippen molar-refractivity contribution in [1.29, 1.82) is 0 Å². The summed E-state index contributed by atoms with van der Waals surface area (Å²) in [6.45, 7) is 0. The number of rotatable bonds is 15. The van der Waals surface area contributed by atoms with Crippen molar-refractivity contribution in [2.24, 2.45) is 0 Å². The first kappa shape index (κ1) is 41.9. The van der Waals surface area contributed by atoms with Gasteiger partial charge in [0.05, 0.1) is 0 Å². The number of hydrogen-bond donors (Lipinski definition) is 0. The van der Waals surface area contributed by atoms with Gasteiger partial charge in [-0.2, -0.15) is 0 Å². The molecule has 0 fully saturated rings. The lowest BCUT2D eigenvalue weighted by Crippen LogP contribution is -2.12. The standard InChI is InChI=1S/C63H50N2/c1-7-24-52(25-8-1)62(53-26-9-2-10-27-53)36-20-19-22-50-38-42-58(43-39-50)65(61-48-46-60(47-49-61)64(56-32-15-5-16-33-56)57-34-17-6-18-35-57)59-44-40-51(41-45-59)23-21-37-63(54-28-11-3-12-29-54)55-30-13-4-14-31-55/h1-21,23-49H,22H2/b20-19+,23-21+. The van der Waals surface area contributed by atoms with E-state index in [0.717, 1.165) is 46.1 Å². The number of allylic oxidation sites excluding steroid dienone is 5. The van der Waals surface area contributed by atoms with E-state index in [9.17, 15) is 0 Å².